The maximum Gasteiger partial charge on any atom is 0.165 e. The molecule has 1 N–H and O–H groups in total. The van der Waals surface area contributed by atoms with Crippen LogP contribution in [-0.2, 0) is 0 Å². The van der Waals surface area contributed by atoms with Gasteiger partial charge < -0.3 is 5.32 Å². The second-order valence-corrected chi connectivity index (χ2v) is 8.22. The van der Waals surface area contributed by atoms with Gasteiger partial charge in [-0.2, -0.15) is 0 Å². The summed E-state index contributed by atoms with van der Waals surface area (Å²) >= 11 is 3.47. The molecule has 29 heavy (non-hydrogen) atoms. The molecule has 4 aromatic rings. The standard InChI is InChI=1S/C26H22BrNO/c1-18-6-8-20(9-7-18)25(28-24-14-12-23(27)13-15-24)17-26(29)22-11-10-19-4-2-3-5-21(19)16-22/h2-16,25,28H,17H2,1H3. The second-order valence-electron chi connectivity index (χ2n) is 7.30. The van der Waals surface area contributed by atoms with Gasteiger partial charge in [-0.05, 0) is 53.6 Å². The molecule has 3 heteroatoms. The minimum Gasteiger partial charge on any atom is -0.378 e. The van der Waals surface area contributed by atoms with Crippen molar-refractivity contribution in [2.24, 2.45) is 0 Å². The lowest BCUT2D eigenvalue weighted by Crippen LogP contribution is -2.16. The predicted octanol–water partition coefficient (Wildman–Crippen LogP) is 7.34. The molecular formula is C26H22BrNO. The van der Waals surface area contributed by atoms with Crippen molar-refractivity contribution in [3.63, 3.8) is 0 Å². The average Bonchev–Trinajstić information content (AvgIpc) is 2.75. The van der Waals surface area contributed by atoms with E-state index in [1.807, 2.05) is 60.7 Å². The normalized spacial score (nSPS) is 11.9. The zero-order valence-electron chi connectivity index (χ0n) is 16.2. The van der Waals surface area contributed by atoms with E-state index in [0.29, 0.717) is 6.42 Å². The number of carbonyl (C=O) groups is 1. The molecular weight excluding hydrogens is 422 g/mol. The number of carbonyl (C=O) groups excluding carboxylic acids is 1. The number of anilines is 1. The van der Waals surface area contributed by atoms with Gasteiger partial charge in [-0.15, -0.1) is 0 Å². The van der Waals surface area contributed by atoms with Crippen LogP contribution in [0.3, 0.4) is 0 Å². The van der Waals surface area contributed by atoms with Gasteiger partial charge >= 0.3 is 0 Å². The van der Waals surface area contributed by atoms with E-state index in [1.165, 1.54) is 5.56 Å². The Morgan fingerprint density at radius 3 is 2.28 bits per heavy atom. The Labute approximate surface area is 179 Å². The number of aryl methyl sites for hydroxylation is 1. The second kappa shape index (κ2) is 8.62. The SMILES string of the molecule is Cc1ccc(C(CC(=O)c2ccc3ccccc3c2)Nc2ccc(Br)cc2)cc1. The van der Waals surface area contributed by atoms with Gasteiger partial charge in [-0.1, -0.05) is 82.2 Å². The van der Waals surface area contributed by atoms with Crippen molar-refractivity contribution in [1.82, 2.24) is 0 Å². The summed E-state index contributed by atoms with van der Waals surface area (Å²) in [5.41, 5.74) is 4.05. The molecule has 0 heterocycles. The van der Waals surface area contributed by atoms with Crippen LogP contribution in [0.25, 0.3) is 10.8 Å². The van der Waals surface area contributed by atoms with Crippen molar-refractivity contribution in [3.05, 3.63) is 112 Å². The Morgan fingerprint density at radius 1 is 0.862 bits per heavy atom. The minimum absolute atomic E-state index is 0.101. The molecule has 4 rings (SSSR count). The molecule has 0 spiro atoms. The average molecular weight is 444 g/mol. The molecule has 0 bridgehead atoms. The highest BCUT2D eigenvalue weighted by Crippen LogP contribution is 2.27. The molecule has 0 amide bonds. The van der Waals surface area contributed by atoms with E-state index in [-0.39, 0.29) is 11.8 Å². The number of fused-ring (bicyclic) bond motifs is 1. The van der Waals surface area contributed by atoms with Crippen LogP contribution in [0, 0.1) is 6.92 Å². The van der Waals surface area contributed by atoms with Gasteiger partial charge in [0.25, 0.3) is 0 Å². The van der Waals surface area contributed by atoms with Gasteiger partial charge in [0.2, 0.25) is 0 Å². The molecule has 1 unspecified atom stereocenters. The number of hydrogen-bond acceptors (Lipinski definition) is 2. The zero-order chi connectivity index (χ0) is 20.2. The van der Waals surface area contributed by atoms with Gasteiger partial charge in [0.05, 0.1) is 6.04 Å². The molecule has 0 saturated heterocycles. The Morgan fingerprint density at radius 2 is 1.55 bits per heavy atom. The molecule has 4 aromatic carbocycles. The van der Waals surface area contributed by atoms with Crippen LogP contribution in [0.2, 0.25) is 0 Å². The van der Waals surface area contributed by atoms with E-state index >= 15 is 0 Å². The van der Waals surface area contributed by atoms with Crippen molar-refractivity contribution in [1.29, 1.82) is 0 Å². The quantitative estimate of drug-likeness (QED) is 0.315. The Bertz CT molecular complexity index is 1130. The number of hydrogen-bond donors (Lipinski definition) is 1. The maximum atomic E-state index is 13.1. The van der Waals surface area contributed by atoms with Crippen molar-refractivity contribution < 1.29 is 4.79 Å². The molecule has 1 atom stereocenters. The number of rotatable bonds is 6. The number of benzene rings is 4. The highest BCUT2D eigenvalue weighted by Gasteiger charge is 2.18. The number of Topliss-reactive ketones (excluding diaryl/α,β-unsaturated/α-hetero) is 1. The van der Waals surface area contributed by atoms with Gasteiger partial charge in [-0.25, -0.2) is 0 Å². The number of nitrogens with one attached hydrogen (secondary N) is 1. The Kier molecular flexibility index (Phi) is 5.77. The summed E-state index contributed by atoms with van der Waals surface area (Å²) in [5.74, 6) is 0.130. The first-order valence-corrected chi connectivity index (χ1v) is 10.5. The van der Waals surface area contributed by atoms with E-state index in [1.54, 1.807) is 0 Å². The first-order valence-electron chi connectivity index (χ1n) is 9.69. The lowest BCUT2D eigenvalue weighted by atomic mass is 9.95. The van der Waals surface area contributed by atoms with Crippen molar-refractivity contribution in [2.75, 3.05) is 5.32 Å². The fourth-order valence-electron chi connectivity index (χ4n) is 3.46. The third-order valence-electron chi connectivity index (χ3n) is 5.13. The van der Waals surface area contributed by atoms with Gasteiger partial charge in [0.15, 0.2) is 5.78 Å². The van der Waals surface area contributed by atoms with Crippen LogP contribution >= 0.6 is 15.9 Å². The van der Waals surface area contributed by atoms with Crippen LogP contribution in [-0.4, -0.2) is 5.78 Å². The fraction of sp³-hybridized carbons (Fsp3) is 0.115. The van der Waals surface area contributed by atoms with Gasteiger partial charge in [-0.3, -0.25) is 4.79 Å². The molecule has 0 saturated carbocycles. The summed E-state index contributed by atoms with van der Waals surface area (Å²) in [6.45, 7) is 2.07. The lowest BCUT2D eigenvalue weighted by Gasteiger charge is -2.20. The Hall–Kier alpha value is -2.91. The smallest absolute Gasteiger partial charge is 0.165 e. The van der Waals surface area contributed by atoms with E-state index in [0.717, 1.165) is 32.1 Å². The highest BCUT2D eigenvalue weighted by atomic mass is 79.9. The van der Waals surface area contributed by atoms with Crippen LogP contribution in [0.5, 0.6) is 0 Å². The molecule has 0 radical (unpaired) electrons. The van der Waals surface area contributed by atoms with E-state index < -0.39 is 0 Å². The van der Waals surface area contributed by atoms with Gasteiger partial charge in [0, 0.05) is 22.1 Å². The predicted molar refractivity (Wildman–Crippen MR) is 125 cm³/mol. The zero-order valence-corrected chi connectivity index (χ0v) is 17.8. The van der Waals surface area contributed by atoms with E-state index in [9.17, 15) is 4.79 Å². The van der Waals surface area contributed by atoms with Crippen molar-refractivity contribution in [3.8, 4) is 0 Å². The van der Waals surface area contributed by atoms with E-state index in [4.69, 9.17) is 0 Å². The summed E-state index contributed by atoms with van der Waals surface area (Å²) < 4.78 is 1.03. The summed E-state index contributed by atoms with van der Waals surface area (Å²) in [5, 5.41) is 5.77. The number of ketones is 1. The van der Waals surface area contributed by atoms with Crippen LogP contribution in [0.15, 0.2) is 95.5 Å². The summed E-state index contributed by atoms with van der Waals surface area (Å²) in [7, 11) is 0. The van der Waals surface area contributed by atoms with E-state index in [2.05, 4.69) is 58.5 Å². The first-order chi connectivity index (χ1) is 14.1. The first kappa shape index (κ1) is 19.4. The largest absolute Gasteiger partial charge is 0.378 e. The lowest BCUT2D eigenvalue weighted by molar-refractivity contribution is 0.0976. The molecule has 2 nitrogen and oxygen atoms in total. The van der Waals surface area contributed by atoms with Crippen LogP contribution in [0.1, 0.15) is 33.9 Å². The highest BCUT2D eigenvalue weighted by molar-refractivity contribution is 9.10. The molecule has 0 aliphatic carbocycles. The maximum absolute atomic E-state index is 13.1. The van der Waals surface area contributed by atoms with Gasteiger partial charge in [0.1, 0.15) is 0 Å². The van der Waals surface area contributed by atoms with Crippen LogP contribution < -0.4 is 5.32 Å². The molecule has 0 aliphatic heterocycles. The molecule has 0 aromatic heterocycles. The third-order valence-corrected chi connectivity index (χ3v) is 5.65. The summed E-state index contributed by atoms with van der Waals surface area (Å²) in [6, 6.07) is 30.4. The topological polar surface area (TPSA) is 29.1 Å². The number of halogens is 1. The summed E-state index contributed by atoms with van der Waals surface area (Å²) in [4.78, 5) is 13.1. The minimum atomic E-state index is -0.101. The van der Waals surface area contributed by atoms with Crippen LogP contribution in [0.4, 0.5) is 5.69 Å². The fourth-order valence-corrected chi connectivity index (χ4v) is 3.73. The summed E-state index contributed by atoms with van der Waals surface area (Å²) in [6.07, 6.45) is 0.386. The van der Waals surface area contributed by atoms with Crippen molar-refractivity contribution in [2.45, 2.75) is 19.4 Å². The Balaban J connectivity index is 1.61. The molecule has 0 aliphatic rings. The monoisotopic (exact) mass is 443 g/mol. The molecule has 144 valence electrons. The molecule has 0 fully saturated rings. The van der Waals surface area contributed by atoms with Crippen molar-refractivity contribution >= 4 is 38.2 Å². The third kappa shape index (κ3) is 4.75.